The lowest BCUT2D eigenvalue weighted by atomic mass is 10.2. The SMILES string of the molecule is CC(C)(C)P(CCCCCP(C(C)(C)C)C(C)(C)C)C(C)(C)C. The van der Waals surface area contributed by atoms with Crippen molar-refractivity contribution in [3.05, 3.63) is 0 Å². The Morgan fingerprint density at radius 3 is 0.783 bits per heavy atom. The van der Waals surface area contributed by atoms with Crippen molar-refractivity contribution in [2.75, 3.05) is 12.3 Å². The molecule has 0 aromatic carbocycles. The topological polar surface area (TPSA) is 0 Å². The van der Waals surface area contributed by atoms with Crippen molar-refractivity contribution in [3.63, 3.8) is 0 Å². The summed E-state index contributed by atoms with van der Waals surface area (Å²) < 4.78 is 0. The molecule has 0 saturated carbocycles. The Morgan fingerprint density at radius 2 is 0.609 bits per heavy atom. The lowest BCUT2D eigenvalue weighted by Gasteiger charge is -2.42. The van der Waals surface area contributed by atoms with Gasteiger partial charge in [0, 0.05) is 0 Å². The predicted molar refractivity (Wildman–Crippen MR) is 116 cm³/mol. The van der Waals surface area contributed by atoms with Crippen molar-refractivity contribution in [1.82, 2.24) is 0 Å². The first-order valence-electron chi connectivity index (χ1n) is 9.53. The Balaban J connectivity index is 4.46. The number of hydrogen-bond acceptors (Lipinski definition) is 0. The maximum atomic E-state index is 2.45. The van der Waals surface area contributed by atoms with E-state index in [9.17, 15) is 0 Å². The summed E-state index contributed by atoms with van der Waals surface area (Å²) in [6.07, 6.45) is 7.18. The molecule has 0 unspecified atom stereocenters. The van der Waals surface area contributed by atoms with Gasteiger partial charge in [0.15, 0.2) is 0 Å². The molecule has 0 bridgehead atoms. The maximum absolute atomic E-state index is 2.45. The van der Waals surface area contributed by atoms with Crippen LogP contribution in [-0.4, -0.2) is 32.9 Å². The highest BCUT2D eigenvalue weighted by Gasteiger charge is 2.34. The van der Waals surface area contributed by atoms with Crippen LogP contribution in [0.3, 0.4) is 0 Å². The second-order valence-corrected chi connectivity index (χ2v) is 19.0. The van der Waals surface area contributed by atoms with Crippen LogP contribution < -0.4 is 0 Å². The van der Waals surface area contributed by atoms with E-state index in [1.54, 1.807) is 0 Å². The molecule has 0 aliphatic rings. The van der Waals surface area contributed by atoms with Gasteiger partial charge in [-0.15, -0.1) is 0 Å². The van der Waals surface area contributed by atoms with Crippen LogP contribution in [0.1, 0.15) is 102 Å². The van der Waals surface area contributed by atoms with Crippen molar-refractivity contribution < 1.29 is 0 Å². The van der Waals surface area contributed by atoms with Crippen LogP contribution in [0.25, 0.3) is 0 Å². The molecule has 140 valence electrons. The average molecular weight is 361 g/mol. The van der Waals surface area contributed by atoms with Gasteiger partial charge < -0.3 is 0 Å². The van der Waals surface area contributed by atoms with Crippen LogP contribution >= 0.6 is 15.8 Å². The normalized spacial score (nSPS) is 14.9. The van der Waals surface area contributed by atoms with E-state index >= 15 is 0 Å². The Morgan fingerprint density at radius 1 is 0.391 bits per heavy atom. The summed E-state index contributed by atoms with van der Waals surface area (Å²) in [5, 5.41) is 1.93. The maximum Gasteiger partial charge on any atom is -0.0175 e. The summed E-state index contributed by atoms with van der Waals surface area (Å²) >= 11 is 0. The van der Waals surface area contributed by atoms with Crippen molar-refractivity contribution >= 4 is 15.8 Å². The third-order valence-electron chi connectivity index (χ3n) is 4.50. The average Bonchev–Trinajstić information content (AvgIpc) is 2.19. The molecule has 2 heteroatoms. The van der Waals surface area contributed by atoms with Crippen LogP contribution in [0.5, 0.6) is 0 Å². The van der Waals surface area contributed by atoms with Crippen LogP contribution in [0.4, 0.5) is 0 Å². The van der Waals surface area contributed by atoms with Crippen LogP contribution in [0.15, 0.2) is 0 Å². The van der Waals surface area contributed by atoms with E-state index in [1.165, 1.54) is 31.6 Å². The first-order valence-corrected chi connectivity index (χ1v) is 12.6. The third kappa shape index (κ3) is 9.21. The minimum Gasteiger partial charge on any atom is -0.0956 e. The van der Waals surface area contributed by atoms with Crippen molar-refractivity contribution in [2.24, 2.45) is 0 Å². The molecule has 0 N–H and O–H groups in total. The quantitative estimate of drug-likeness (QED) is 0.330. The minimum atomic E-state index is 0.0854. The Hall–Kier alpha value is 0.860. The van der Waals surface area contributed by atoms with Crippen molar-refractivity contribution in [2.45, 2.75) is 123 Å². The van der Waals surface area contributed by atoms with Gasteiger partial charge in [0.25, 0.3) is 0 Å². The van der Waals surface area contributed by atoms with E-state index in [1.807, 2.05) is 0 Å². The Kier molecular flexibility index (Phi) is 8.81. The first-order chi connectivity index (χ1) is 9.97. The monoisotopic (exact) mass is 360 g/mol. The first kappa shape index (κ1) is 23.9. The Labute approximate surface area is 151 Å². The fourth-order valence-electron chi connectivity index (χ4n) is 4.07. The molecule has 0 radical (unpaired) electrons. The zero-order valence-electron chi connectivity index (χ0n) is 18.4. The number of hydrogen-bond donors (Lipinski definition) is 0. The molecule has 0 heterocycles. The molecule has 0 aliphatic carbocycles. The lowest BCUT2D eigenvalue weighted by Crippen LogP contribution is -2.27. The van der Waals surface area contributed by atoms with Crippen LogP contribution in [0.2, 0.25) is 0 Å². The summed E-state index contributed by atoms with van der Waals surface area (Å²) in [6.45, 7) is 29.4. The highest BCUT2D eigenvalue weighted by atomic mass is 31.1. The van der Waals surface area contributed by atoms with Gasteiger partial charge in [0.1, 0.15) is 0 Å². The molecule has 23 heavy (non-hydrogen) atoms. The highest BCUT2D eigenvalue weighted by Crippen LogP contribution is 2.61. The smallest absolute Gasteiger partial charge is 0.0175 e. The molecule has 0 atom stereocenters. The van der Waals surface area contributed by atoms with Crippen molar-refractivity contribution in [1.29, 1.82) is 0 Å². The van der Waals surface area contributed by atoms with Gasteiger partial charge in [-0.1, -0.05) is 105 Å². The fraction of sp³-hybridized carbons (Fsp3) is 1.00. The summed E-state index contributed by atoms with van der Waals surface area (Å²) in [7, 11) is 0.171. The molecule has 0 aromatic rings. The van der Waals surface area contributed by atoms with E-state index in [4.69, 9.17) is 0 Å². The van der Waals surface area contributed by atoms with Gasteiger partial charge in [-0.05, 0) is 45.8 Å². The number of unbranched alkanes of at least 4 members (excludes halogenated alkanes) is 2. The molecule has 0 saturated heterocycles. The van der Waals surface area contributed by atoms with Gasteiger partial charge in [0.05, 0.1) is 0 Å². The second-order valence-electron chi connectivity index (χ2n) is 11.0. The van der Waals surface area contributed by atoms with Crippen LogP contribution in [0, 0.1) is 0 Å². The van der Waals surface area contributed by atoms with E-state index in [0.29, 0.717) is 20.6 Å². The third-order valence-corrected chi connectivity index (χ3v) is 12.5. The molecule has 0 nitrogen and oxygen atoms in total. The standard InChI is InChI=1S/C21H46P2/c1-18(2,3)22(19(4,5)6)16-14-13-15-17-23(20(7,8)9)21(10,11)12/h13-17H2,1-12H3. The van der Waals surface area contributed by atoms with E-state index in [-0.39, 0.29) is 15.8 Å². The van der Waals surface area contributed by atoms with Gasteiger partial charge >= 0.3 is 0 Å². The van der Waals surface area contributed by atoms with Gasteiger partial charge in [-0.3, -0.25) is 0 Å². The Bertz CT molecular complexity index is 269. The zero-order valence-corrected chi connectivity index (χ0v) is 20.2. The summed E-state index contributed by atoms with van der Waals surface area (Å²) in [4.78, 5) is 0. The molecule has 0 aliphatic heterocycles. The zero-order chi connectivity index (χ0) is 18.7. The minimum absolute atomic E-state index is 0.0854. The van der Waals surface area contributed by atoms with Gasteiger partial charge in [-0.25, -0.2) is 0 Å². The molecule has 0 spiro atoms. The summed E-state index contributed by atoms with van der Waals surface area (Å²) in [5.74, 6) is 0. The summed E-state index contributed by atoms with van der Waals surface area (Å²) in [5.41, 5.74) is 0. The number of rotatable bonds is 6. The fourth-order valence-corrected chi connectivity index (χ4v) is 11.9. The second kappa shape index (κ2) is 8.49. The predicted octanol–water partition coefficient (Wildman–Crippen LogP) is 8.31. The van der Waals surface area contributed by atoms with Crippen LogP contribution in [-0.2, 0) is 0 Å². The molecule has 0 aromatic heterocycles. The largest absolute Gasteiger partial charge is 0.0956 e. The van der Waals surface area contributed by atoms with E-state index in [0.717, 1.165) is 0 Å². The van der Waals surface area contributed by atoms with Crippen molar-refractivity contribution in [3.8, 4) is 0 Å². The molecular formula is C21H46P2. The molecule has 0 rings (SSSR count). The van der Waals surface area contributed by atoms with Gasteiger partial charge in [0.2, 0.25) is 0 Å². The van der Waals surface area contributed by atoms with E-state index in [2.05, 4.69) is 83.1 Å². The van der Waals surface area contributed by atoms with Gasteiger partial charge in [-0.2, -0.15) is 0 Å². The lowest BCUT2D eigenvalue weighted by molar-refractivity contribution is 0.678. The van der Waals surface area contributed by atoms with E-state index < -0.39 is 0 Å². The molecule has 0 amide bonds. The molecular weight excluding hydrogens is 314 g/mol. The molecule has 0 fully saturated rings. The summed E-state index contributed by atoms with van der Waals surface area (Å²) in [6, 6.07) is 0. The highest BCUT2D eigenvalue weighted by molar-refractivity contribution is 7.61.